The van der Waals surface area contributed by atoms with Gasteiger partial charge in [-0.15, -0.1) is 0 Å². The lowest BCUT2D eigenvalue weighted by Gasteiger charge is -2.12. The lowest BCUT2D eigenvalue weighted by atomic mass is 10.0. The number of aryl methyl sites for hydroxylation is 1. The molecule has 6 rings (SSSR count). The molecule has 2 N–H and O–H groups in total. The maximum Gasteiger partial charge on any atom is 0.255 e. The van der Waals surface area contributed by atoms with Gasteiger partial charge in [0, 0.05) is 22.5 Å². The van der Waals surface area contributed by atoms with E-state index in [1.165, 1.54) is 0 Å². The van der Waals surface area contributed by atoms with Crippen LogP contribution in [0.4, 0.5) is 17.3 Å². The highest BCUT2D eigenvalue weighted by Crippen LogP contribution is 2.28. The minimum absolute atomic E-state index is 0.147. The van der Waals surface area contributed by atoms with Crippen molar-refractivity contribution < 1.29 is 9.53 Å². The summed E-state index contributed by atoms with van der Waals surface area (Å²) < 4.78 is 7.03. The molecule has 0 aliphatic carbocycles. The lowest BCUT2D eigenvalue weighted by Crippen LogP contribution is -2.11. The molecule has 1 amide bonds. The molecule has 0 saturated carbocycles. The summed E-state index contributed by atoms with van der Waals surface area (Å²) >= 11 is 0. The van der Waals surface area contributed by atoms with Crippen molar-refractivity contribution in [3.63, 3.8) is 0 Å². The van der Waals surface area contributed by atoms with Gasteiger partial charge in [0.15, 0.2) is 0 Å². The van der Waals surface area contributed by atoms with Crippen molar-refractivity contribution in [1.82, 2.24) is 14.6 Å². The molecule has 0 atom stereocenters. The number of nitrogens with zero attached hydrogens (tertiary/aromatic N) is 3. The first-order valence-electron chi connectivity index (χ1n) is 12.9. The van der Waals surface area contributed by atoms with Crippen molar-refractivity contribution in [2.24, 2.45) is 0 Å². The van der Waals surface area contributed by atoms with Crippen LogP contribution in [0, 0.1) is 6.92 Å². The Labute approximate surface area is 232 Å². The number of amides is 1. The fourth-order valence-electron chi connectivity index (χ4n) is 4.45. The van der Waals surface area contributed by atoms with E-state index < -0.39 is 0 Å². The Hall–Kier alpha value is -5.43. The molecule has 4 aromatic carbocycles. The van der Waals surface area contributed by atoms with Gasteiger partial charge in [0.05, 0.1) is 24.5 Å². The highest BCUT2D eigenvalue weighted by molar-refractivity contribution is 6.04. The average molecular weight is 526 g/mol. The number of rotatable bonds is 7. The van der Waals surface area contributed by atoms with Gasteiger partial charge < -0.3 is 15.4 Å². The van der Waals surface area contributed by atoms with Crippen molar-refractivity contribution in [2.75, 3.05) is 17.7 Å². The van der Waals surface area contributed by atoms with Crippen LogP contribution in [0.3, 0.4) is 0 Å². The van der Waals surface area contributed by atoms with E-state index in [1.54, 1.807) is 17.8 Å². The Balaban J connectivity index is 1.21. The largest absolute Gasteiger partial charge is 0.497 e. The minimum Gasteiger partial charge on any atom is -0.497 e. The van der Waals surface area contributed by atoms with Crippen LogP contribution in [0.2, 0.25) is 0 Å². The molecule has 0 unspecified atom stereocenters. The highest BCUT2D eigenvalue weighted by atomic mass is 16.5. The van der Waals surface area contributed by atoms with Crippen LogP contribution in [0.25, 0.3) is 27.9 Å². The van der Waals surface area contributed by atoms with Crippen molar-refractivity contribution in [1.29, 1.82) is 0 Å². The number of carbonyl (C=O) groups is 1. The standard InChI is InChI=1S/C33H27N5O2/c1-22-3-5-26(6-4-22)32(39)35-27-13-15-28(16-14-27)36-33-37-31(21-29-19-20-34-38(29)33)25-9-7-23(8-10-25)24-11-17-30(40-2)18-12-24/h3-21H,1-2H3,(H,35,39)(H,36,37). The number of ether oxygens (including phenoxy) is 1. The van der Waals surface area contributed by atoms with Gasteiger partial charge in [0.1, 0.15) is 5.75 Å². The molecule has 0 spiro atoms. The van der Waals surface area contributed by atoms with E-state index in [0.29, 0.717) is 17.2 Å². The Kier molecular flexibility index (Phi) is 6.68. The fraction of sp³-hybridized carbons (Fsp3) is 0.0606. The molecule has 40 heavy (non-hydrogen) atoms. The molecule has 0 saturated heterocycles. The van der Waals surface area contributed by atoms with E-state index in [9.17, 15) is 4.79 Å². The summed E-state index contributed by atoms with van der Waals surface area (Å²) in [7, 11) is 1.67. The zero-order valence-corrected chi connectivity index (χ0v) is 22.1. The van der Waals surface area contributed by atoms with Crippen LogP contribution in [0.5, 0.6) is 5.75 Å². The van der Waals surface area contributed by atoms with Gasteiger partial charge in [-0.25, -0.2) is 9.50 Å². The SMILES string of the molecule is COc1ccc(-c2ccc(-c3cc4ccnn4c(Nc4ccc(NC(=O)c5ccc(C)cc5)cc4)n3)cc2)cc1. The van der Waals surface area contributed by atoms with Gasteiger partial charge in [0.2, 0.25) is 5.95 Å². The molecule has 2 aromatic heterocycles. The lowest BCUT2D eigenvalue weighted by molar-refractivity contribution is 0.102. The Morgan fingerprint density at radius 2 is 1.38 bits per heavy atom. The van der Waals surface area contributed by atoms with Crippen LogP contribution in [-0.2, 0) is 0 Å². The average Bonchev–Trinajstić information content (AvgIpc) is 3.48. The fourth-order valence-corrected chi connectivity index (χ4v) is 4.45. The molecule has 0 bridgehead atoms. The Bertz CT molecular complexity index is 1770. The second-order valence-corrected chi connectivity index (χ2v) is 9.46. The maximum atomic E-state index is 12.6. The molecular weight excluding hydrogens is 498 g/mol. The third-order valence-corrected chi connectivity index (χ3v) is 6.70. The number of anilines is 3. The van der Waals surface area contributed by atoms with Crippen molar-refractivity contribution in [3.8, 4) is 28.1 Å². The molecule has 2 heterocycles. The van der Waals surface area contributed by atoms with Crippen LogP contribution in [0.1, 0.15) is 15.9 Å². The van der Waals surface area contributed by atoms with Gasteiger partial charge in [-0.2, -0.15) is 5.10 Å². The summed E-state index contributed by atoms with van der Waals surface area (Å²) in [5.74, 6) is 1.28. The third-order valence-electron chi connectivity index (χ3n) is 6.70. The number of nitrogens with one attached hydrogen (secondary N) is 2. The number of fused-ring (bicyclic) bond motifs is 1. The number of hydrogen-bond acceptors (Lipinski definition) is 5. The Morgan fingerprint density at radius 3 is 2.05 bits per heavy atom. The topological polar surface area (TPSA) is 80.5 Å². The quantitative estimate of drug-likeness (QED) is 0.227. The second kappa shape index (κ2) is 10.7. The van der Waals surface area contributed by atoms with E-state index >= 15 is 0 Å². The van der Waals surface area contributed by atoms with Crippen molar-refractivity contribution >= 4 is 28.7 Å². The number of hydrogen-bond donors (Lipinski definition) is 2. The van der Waals surface area contributed by atoms with E-state index in [4.69, 9.17) is 9.72 Å². The summed E-state index contributed by atoms with van der Waals surface area (Å²) in [5, 5.41) is 10.8. The van der Waals surface area contributed by atoms with E-state index in [-0.39, 0.29) is 5.91 Å². The Morgan fingerprint density at radius 1 is 0.750 bits per heavy atom. The predicted octanol–water partition coefficient (Wildman–Crippen LogP) is 7.38. The van der Waals surface area contributed by atoms with E-state index in [0.717, 1.165) is 44.9 Å². The molecule has 0 fully saturated rings. The van der Waals surface area contributed by atoms with Gasteiger partial charge in [-0.1, -0.05) is 54.1 Å². The summed E-state index contributed by atoms with van der Waals surface area (Å²) in [6.07, 6.45) is 1.75. The number of benzene rings is 4. The zero-order chi connectivity index (χ0) is 27.5. The molecule has 0 aliphatic heterocycles. The molecule has 196 valence electrons. The second-order valence-electron chi connectivity index (χ2n) is 9.46. The maximum absolute atomic E-state index is 12.6. The monoisotopic (exact) mass is 525 g/mol. The smallest absolute Gasteiger partial charge is 0.255 e. The number of carbonyl (C=O) groups excluding carboxylic acids is 1. The van der Waals surface area contributed by atoms with E-state index in [1.807, 2.05) is 91.9 Å². The summed E-state index contributed by atoms with van der Waals surface area (Å²) in [5.41, 5.74) is 8.25. The summed E-state index contributed by atoms with van der Waals surface area (Å²) in [6.45, 7) is 1.99. The number of methoxy groups -OCH3 is 1. The zero-order valence-electron chi connectivity index (χ0n) is 22.1. The van der Waals surface area contributed by atoms with Gasteiger partial charge >= 0.3 is 0 Å². The molecule has 7 heteroatoms. The van der Waals surface area contributed by atoms with E-state index in [2.05, 4.69) is 40.0 Å². The molecule has 7 nitrogen and oxygen atoms in total. The first-order valence-corrected chi connectivity index (χ1v) is 12.9. The summed E-state index contributed by atoms with van der Waals surface area (Å²) in [4.78, 5) is 17.4. The van der Waals surface area contributed by atoms with Gasteiger partial charge in [0.25, 0.3) is 5.91 Å². The molecular formula is C33H27N5O2. The minimum atomic E-state index is -0.147. The highest BCUT2D eigenvalue weighted by Gasteiger charge is 2.11. The molecule has 6 aromatic rings. The predicted molar refractivity (Wildman–Crippen MR) is 159 cm³/mol. The molecule has 0 radical (unpaired) electrons. The van der Waals surface area contributed by atoms with Crippen molar-refractivity contribution in [3.05, 3.63) is 127 Å². The molecule has 0 aliphatic rings. The summed E-state index contributed by atoms with van der Waals surface area (Å²) in [6, 6.07) is 35.3. The number of aromatic nitrogens is 3. The van der Waals surface area contributed by atoms with Crippen LogP contribution < -0.4 is 15.4 Å². The van der Waals surface area contributed by atoms with Crippen LogP contribution >= 0.6 is 0 Å². The van der Waals surface area contributed by atoms with Crippen LogP contribution in [-0.4, -0.2) is 27.6 Å². The first kappa shape index (κ1) is 24.9. The normalized spacial score (nSPS) is 10.8. The van der Waals surface area contributed by atoms with Crippen LogP contribution in [0.15, 0.2) is 115 Å². The third kappa shape index (κ3) is 5.26. The van der Waals surface area contributed by atoms with Gasteiger partial charge in [-0.05, 0) is 78.7 Å². The first-order chi connectivity index (χ1) is 19.6. The van der Waals surface area contributed by atoms with Crippen molar-refractivity contribution in [2.45, 2.75) is 6.92 Å². The van der Waals surface area contributed by atoms with Gasteiger partial charge in [-0.3, -0.25) is 4.79 Å².